The Kier molecular flexibility index (Phi) is 3.77. The molecule has 0 bridgehead atoms. The van der Waals surface area contributed by atoms with Crippen LogP contribution in [0.5, 0.6) is 5.75 Å². The summed E-state index contributed by atoms with van der Waals surface area (Å²) in [6.45, 7) is 2.87. The quantitative estimate of drug-likeness (QED) is 0.943. The summed E-state index contributed by atoms with van der Waals surface area (Å²) in [7, 11) is 0. The number of nitrogens with two attached hydrogens (primary N) is 1. The van der Waals surface area contributed by atoms with Crippen molar-refractivity contribution in [2.75, 3.05) is 30.3 Å². The van der Waals surface area contributed by atoms with E-state index in [-0.39, 0.29) is 0 Å². The lowest BCUT2D eigenvalue weighted by atomic mass is 9.93. The van der Waals surface area contributed by atoms with Crippen LogP contribution >= 0.6 is 0 Å². The molecule has 2 aliphatic heterocycles. The second-order valence-corrected chi connectivity index (χ2v) is 6.46. The van der Waals surface area contributed by atoms with Crippen molar-refractivity contribution >= 4 is 11.8 Å². The van der Waals surface area contributed by atoms with E-state index in [1.54, 1.807) is 0 Å². The molecular formula is C18H22N4O. The topological polar surface area (TPSA) is 64.3 Å². The summed E-state index contributed by atoms with van der Waals surface area (Å²) in [6.07, 6.45) is 4.36. The van der Waals surface area contributed by atoms with Crippen LogP contribution in [0.1, 0.15) is 24.1 Å². The zero-order valence-electron chi connectivity index (χ0n) is 13.2. The van der Waals surface area contributed by atoms with Gasteiger partial charge in [0, 0.05) is 30.8 Å². The molecule has 0 spiro atoms. The average molecular weight is 310 g/mol. The smallest absolute Gasteiger partial charge is 0.222 e. The van der Waals surface area contributed by atoms with E-state index in [1.807, 2.05) is 12.1 Å². The van der Waals surface area contributed by atoms with Crippen molar-refractivity contribution in [3.63, 3.8) is 0 Å². The predicted octanol–water partition coefficient (Wildman–Crippen LogP) is 2.45. The van der Waals surface area contributed by atoms with Gasteiger partial charge in [0.15, 0.2) is 0 Å². The molecule has 1 unspecified atom stereocenters. The minimum atomic E-state index is 0.376. The van der Waals surface area contributed by atoms with E-state index in [2.05, 4.69) is 33.1 Å². The van der Waals surface area contributed by atoms with Gasteiger partial charge in [0.2, 0.25) is 5.95 Å². The van der Waals surface area contributed by atoms with E-state index in [9.17, 15) is 0 Å². The molecule has 120 valence electrons. The van der Waals surface area contributed by atoms with Crippen LogP contribution < -0.4 is 15.4 Å². The number of anilines is 2. The third kappa shape index (κ3) is 3.09. The molecule has 2 aliphatic rings. The van der Waals surface area contributed by atoms with Crippen molar-refractivity contribution in [3.8, 4) is 5.75 Å². The van der Waals surface area contributed by atoms with E-state index in [0.29, 0.717) is 11.9 Å². The molecular weight excluding hydrogens is 288 g/mol. The first-order chi connectivity index (χ1) is 11.3. The second kappa shape index (κ2) is 6.07. The van der Waals surface area contributed by atoms with Crippen molar-refractivity contribution in [3.05, 3.63) is 41.6 Å². The summed E-state index contributed by atoms with van der Waals surface area (Å²) in [5, 5.41) is 0. The van der Waals surface area contributed by atoms with Crippen molar-refractivity contribution in [1.29, 1.82) is 0 Å². The Morgan fingerprint density at radius 3 is 2.87 bits per heavy atom. The zero-order chi connectivity index (χ0) is 15.6. The van der Waals surface area contributed by atoms with Gasteiger partial charge in [-0.05, 0) is 37.3 Å². The molecule has 4 rings (SSSR count). The molecule has 0 aliphatic carbocycles. The number of hydrogen-bond donors (Lipinski definition) is 1. The third-order valence-corrected chi connectivity index (χ3v) is 4.67. The first-order valence-electron chi connectivity index (χ1n) is 8.37. The molecule has 5 heteroatoms. The maximum absolute atomic E-state index is 5.93. The van der Waals surface area contributed by atoms with Gasteiger partial charge in [-0.1, -0.05) is 18.2 Å². The molecule has 5 nitrogen and oxygen atoms in total. The van der Waals surface area contributed by atoms with Gasteiger partial charge < -0.3 is 15.4 Å². The summed E-state index contributed by atoms with van der Waals surface area (Å²) >= 11 is 0. The molecule has 0 saturated carbocycles. The minimum Gasteiger partial charge on any atom is -0.493 e. The number of benzene rings is 1. The zero-order valence-corrected chi connectivity index (χ0v) is 13.2. The first-order valence-corrected chi connectivity index (χ1v) is 8.37. The molecule has 23 heavy (non-hydrogen) atoms. The Morgan fingerprint density at radius 1 is 1.17 bits per heavy atom. The summed E-state index contributed by atoms with van der Waals surface area (Å²) in [5.41, 5.74) is 8.23. The van der Waals surface area contributed by atoms with Gasteiger partial charge in [0.05, 0.1) is 6.61 Å². The fraction of sp³-hybridized carbons (Fsp3) is 0.444. The number of hydrogen-bond acceptors (Lipinski definition) is 5. The molecule has 1 aromatic carbocycles. The van der Waals surface area contributed by atoms with Crippen LogP contribution in [0, 0.1) is 5.92 Å². The van der Waals surface area contributed by atoms with Gasteiger partial charge in [-0.3, -0.25) is 0 Å². The van der Waals surface area contributed by atoms with Gasteiger partial charge in [-0.25, -0.2) is 4.98 Å². The summed E-state index contributed by atoms with van der Waals surface area (Å²) < 4.78 is 5.88. The highest BCUT2D eigenvalue weighted by Gasteiger charge is 2.22. The van der Waals surface area contributed by atoms with Crippen LogP contribution in [0.3, 0.4) is 0 Å². The molecule has 2 aromatic rings. The van der Waals surface area contributed by atoms with Crippen LogP contribution in [0.2, 0.25) is 0 Å². The molecule has 1 fully saturated rings. The monoisotopic (exact) mass is 310 g/mol. The first kappa shape index (κ1) is 14.3. The van der Waals surface area contributed by atoms with Crippen LogP contribution in [0.25, 0.3) is 0 Å². The lowest BCUT2D eigenvalue weighted by molar-refractivity contribution is 0.220. The number of aromatic nitrogens is 2. The molecule has 1 aromatic heterocycles. The second-order valence-electron chi connectivity index (χ2n) is 6.46. The molecule has 0 radical (unpaired) electrons. The van der Waals surface area contributed by atoms with Crippen LogP contribution in [0.4, 0.5) is 11.8 Å². The van der Waals surface area contributed by atoms with Gasteiger partial charge >= 0.3 is 0 Å². The van der Waals surface area contributed by atoms with Gasteiger partial charge in [0.25, 0.3) is 0 Å². The maximum Gasteiger partial charge on any atom is 0.222 e. The average Bonchev–Trinajstić information content (AvgIpc) is 3.09. The van der Waals surface area contributed by atoms with Crippen molar-refractivity contribution in [1.82, 2.24) is 9.97 Å². The fourth-order valence-corrected chi connectivity index (χ4v) is 3.53. The van der Waals surface area contributed by atoms with Crippen LogP contribution in [-0.4, -0.2) is 29.7 Å². The minimum absolute atomic E-state index is 0.376. The summed E-state index contributed by atoms with van der Waals surface area (Å²) in [5.74, 6) is 2.80. The van der Waals surface area contributed by atoms with Crippen molar-refractivity contribution in [2.45, 2.75) is 25.7 Å². The Hall–Kier alpha value is -2.30. The largest absolute Gasteiger partial charge is 0.493 e. The van der Waals surface area contributed by atoms with E-state index in [0.717, 1.165) is 49.8 Å². The summed E-state index contributed by atoms with van der Waals surface area (Å²) in [6, 6.07) is 10.4. The van der Waals surface area contributed by atoms with Crippen molar-refractivity contribution < 1.29 is 4.74 Å². The highest BCUT2D eigenvalue weighted by Crippen LogP contribution is 2.29. The van der Waals surface area contributed by atoms with Gasteiger partial charge in [-0.15, -0.1) is 0 Å². The number of fused-ring (bicyclic) bond motifs is 1. The van der Waals surface area contributed by atoms with Gasteiger partial charge in [0.1, 0.15) is 11.6 Å². The standard InChI is InChI=1S/C18H22N4O/c19-18-20-15(11-17(21-18)22-7-3-4-8-22)10-13-9-14-5-1-2-6-16(14)23-12-13/h1-2,5-6,11,13H,3-4,7-10,12H2,(H2,19,20,21). The number of ether oxygens (including phenoxy) is 1. The van der Waals surface area contributed by atoms with Crippen LogP contribution in [-0.2, 0) is 12.8 Å². The normalized spacial score (nSPS) is 20.2. The van der Waals surface area contributed by atoms with E-state index < -0.39 is 0 Å². The Bertz CT molecular complexity index is 697. The number of para-hydroxylation sites is 1. The van der Waals surface area contributed by atoms with Crippen molar-refractivity contribution in [2.24, 2.45) is 5.92 Å². The Balaban J connectivity index is 1.51. The lowest BCUT2D eigenvalue weighted by Crippen LogP contribution is -2.24. The van der Waals surface area contributed by atoms with E-state index in [1.165, 1.54) is 18.4 Å². The number of nitrogen functional groups attached to an aromatic ring is 1. The number of nitrogens with zero attached hydrogens (tertiary/aromatic N) is 3. The number of rotatable bonds is 3. The predicted molar refractivity (Wildman–Crippen MR) is 90.7 cm³/mol. The molecule has 0 amide bonds. The molecule has 1 atom stereocenters. The highest BCUT2D eigenvalue weighted by atomic mass is 16.5. The Morgan fingerprint density at radius 2 is 2.00 bits per heavy atom. The molecule has 1 saturated heterocycles. The van der Waals surface area contributed by atoms with E-state index in [4.69, 9.17) is 10.5 Å². The molecule has 2 N–H and O–H groups in total. The fourth-order valence-electron chi connectivity index (χ4n) is 3.53. The Labute approximate surface area is 136 Å². The van der Waals surface area contributed by atoms with Gasteiger partial charge in [-0.2, -0.15) is 4.98 Å². The SMILES string of the molecule is Nc1nc(CC2COc3ccccc3C2)cc(N2CCCC2)n1. The lowest BCUT2D eigenvalue weighted by Gasteiger charge is -2.25. The van der Waals surface area contributed by atoms with Crippen LogP contribution in [0.15, 0.2) is 30.3 Å². The molecule has 3 heterocycles. The maximum atomic E-state index is 5.93. The third-order valence-electron chi connectivity index (χ3n) is 4.67. The summed E-state index contributed by atoms with van der Waals surface area (Å²) in [4.78, 5) is 11.1. The highest BCUT2D eigenvalue weighted by molar-refractivity contribution is 5.44. The van der Waals surface area contributed by atoms with E-state index >= 15 is 0 Å².